The summed E-state index contributed by atoms with van der Waals surface area (Å²) < 4.78 is 2.10. The lowest BCUT2D eigenvalue weighted by atomic mass is 10.1. The van der Waals surface area contributed by atoms with Gasteiger partial charge in [0.1, 0.15) is 0 Å². The summed E-state index contributed by atoms with van der Waals surface area (Å²) in [6.07, 6.45) is 5.08. The molecular weight excluding hydrogens is 284 g/mol. The Labute approximate surface area is 129 Å². The van der Waals surface area contributed by atoms with Gasteiger partial charge in [0.25, 0.3) is 0 Å². The van der Waals surface area contributed by atoms with Gasteiger partial charge in [-0.15, -0.1) is 11.3 Å². The Bertz CT molecular complexity index is 550. The topological polar surface area (TPSA) is 44.0 Å². The minimum Gasteiger partial charge on any atom is -0.392 e. The molecule has 116 valence electrons. The maximum atomic E-state index is 9.61. The van der Waals surface area contributed by atoms with Crippen LogP contribution in [0, 0.1) is 0 Å². The number of aliphatic hydroxyl groups is 1. The summed E-state index contributed by atoms with van der Waals surface area (Å²) in [5.41, 5.74) is 1.15. The van der Waals surface area contributed by atoms with E-state index in [9.17, 15) is 5.11 Å². The van der Waals surface area contributed by atoms with Crippen molar-refractivity contribution in [2.45, 2.75) is 39.0 Å². The molecule has 1 fully saturated rings. The zero-order valence-electron chi connectivity index (χ0n) is 12.8. The quantitative estimate of drug-likeness (QED) is 0.912. The fourth-order valence-electron chi connectivity index (χ4n) is 3.15. The zero-order chi connectivity index (χ0) is 14.8. The molecule has 0 saturated carbocycles. The number of piperazine rings is 1. The number of aromatic nitrogens is 2. The van der Waals surface area contributed by atoms with Crippen molar-refractivity contribution in [3.05, 3.63) is 23.5 Å². The molecule has 0 radical (unpaired) electrons. The molecule has 0 bridgehead atoms. The average Bonchev–Trinajstić information content (AvgIpc) is 3.00. The van der Waals surface area contributed by atoms with Gasteiger partial charge in [0.15, 0.2) is 4.96 Å². The molecule has 0 spiro atoms. The monoisotopic (exact) mass is 308 g/mol. The SMILES string of the molecule is CC[C@@H]1CN(Cc2cn3ccsc3n2)CCN1C[C@H](C)O. The minimum absolute atomic E-state index is 0.245. The van der Waals surface area contributed by atoms with Crippen molar-refractivity contribution in [3.63, 3.8) is 0 Å². The molecule has 3 rings (SSSR count). The minimum atomic E-state index is -0.245. The highest BCUT2D eigenvalue weighted by Gasteiger charge is 2.26. The van der Waals surface area contributed by atoms with E-state index in [0.29, 0.717) is 6.04 Å². The largest absolute Gasteiger partial charge is 0.392 e. The maximum absolute atomic E-state index is 9.61. The van der Waals surface area contributed by atoms with Crippen LogP contribution in [-0.2, 0) is 6.54 Å². The summed E-state index contributed by atoms with van der Waals surface area (Å²) in [7, 11) is 0. The summed E-state index contributed by atoms with van der Waals surface area (Å²) in [6, 6.07) is 0.539. The van der Waals surface area contributed by atoms with Crippen LogP contribution in [-0.4, -0.2) is 62.6 Å². The molecule has 2 atom stereocenters. The van der Waals surface area contributed by atoms with Crippen LogP contribution in [0.2, 0.25) is 0 Å². The summed E-state index contributed by atoms with van der Waals surface area (Å²) in [5, 5.41) is 11.7. The van der Waals surface area contributed by atoms with Crippen molar-refractivity contribution in [1.29, 1.82) is 0 Å². The van der Waals surface area contributed by atoms with E-state index in [1.807, 2.05) is 6.92 Å². The molecular formula is C15H24N4OS. The first-order valence-electron chi connectivity index (χ1n) is 7.71. The first kappa shape index (κ1) is 15.0. The summed E-state index contributed by atoms with van der Waals surface area (Å²) >= 11 is 1.68. The van der Waals surface area contributed by atoms with Crippen LogP contribution in [0.3, 0.4) is 0 Å². The maximum Gasteiger partial charge on any atom is 0.193 e. The number of thiazole rings is 1. The molecule has 0 aliphatic carbocycles. The van der Waals surface area contributed by atoms with Crippen LogP contribution in [0.15, 0.2) is 17.8 Å². The number of nitrogens with zero attached hydrogens (tertiary/aromatic N) is 4. The molecule has 6 heteroatoms. The predicted octanol–water partition coefficient (Wildman–Crippen LogP) is 1.67. The van der Waals surface area contributed by atoms with E-state index in [0.717, 1.165) is 49.8 Å². The van der Waals surface area contributed by atoms with Gasteiger partial charge >= 0.3 is 0 Å². The number of fused-ring (bicyclic) bond motifs is 1. The molecule has 2 aromatic rings. The Morgan fingerprint density at radius 3 is 3.05 bits per heavy atom. The lowest BCUT2D eigenvalue weighted by Gasteiger charge is -2.41. The van der Waals surface area contributed by atoms with E-state index >= 15 is 0 Å². The van der Waals surface area contributed by atoms with Crippen LogP contribution in [0.4, 0.5) is 0 Å². The number of β-amino-alcohol motifs (C(OH)–C–C–N with tert-alkyl or cyclic N) is 1. The van der Waals surface area contributed by atoms with E-state index in [-0.39, 0.29) is 6.10 Å². The third-order valence-electron chi connectivity index (χ3n) is 4.19. The van der Waals surface area contributed by atoms with Crippen molar-refractivity contribution < 1.29 is 5.11 Å². The average molecular weight is 308 g/mol. The number of rotatable bonds is 5. The van der Waals surface area contributed by atoms with Crippen LogP contribution < -0.4 is 0 Å². The van der Waals surface area contributed by atoms with Gasteiger partial charge in [0.05, 0.1) is 11.8 Å². The lowest BCUT2D eigenvalue weighted by Crippen LogP contribution is -2.54. The van der Waals surface area contributed by atoms with Crippen molar-refractivity contribution in [1.82, 2.24) is 19.2 Å². The van der Waals surface area contributed by atoms with Crippen LogP contribution in [0.5, 0.6) is 0 Å². The highest BCUT2D eigenvalue weighted by molar-refractivity contribution is 7.15. The predicted molar refractivity (Wildman–Crippen MR) is 85.7 cm³/mol. The Morgan fingerprint density at radius 2 is 2.33 bits per heavy atom. The number of hydrogen-bond acceptors (Lipinski definition) is 5. The Hall–Kier alpha value is -0.950. The highest BCUT2D eigenvalue weighted by atomic mass is 32.1. The van der Waals surface area contributed by atoms with Gasteiger partial charge in [0.2, 0.25) is 0 Å². The first-order valence-corrected chi connectivity index (χ1v) is 8.59. The molecule has 0 amide bonds. The Kier molecular flexibility index (Phi) is 4.59. The van der Waals surface area contributed by atoms with Crippen LogP contribution in [0.25, 0.3) is 4.96 Å². The highest BCUT2D eigenvalue weighted by Crippen LogP contribution is 2.17. The van der Waals surface area contributed by atoms with Crippen molar-refractivity contribution in [2.24, 2.45) is 0 Å². The molecule has 1 aliphatic heterocycles. The van der Waals surface area contributed by atoms with Gasteiger partial charge in [0, 0.05) is 56.5 Å². The van der Waals surface area contributed by atoms with Gasteiger partial charge in [-0.2, -0.15) is 0 Å². The smallest absolute Gasteiger partial charge is 0.193 e. The zero-order valence-corrected chi connectivity index (χ0v) is 13.6. The van der Waals surface area contributed by atoms with E-state index in [2.05, 4.69) is 43.9 Å². The molecule has 1 aliphatic rings. The summed E-state index contributed by atoms with van der Waals surface area (Å²) in [6.45, 7) is 8.96. The second-order valence-electron chi connectivity index (χ2n) is 5.97. The molecule has 3 heterocycles. The third kappa shape index (κ3) is 3.45. The van der Waals surface area contributed by atoms with Gasteiger partial charge < -0.3 is 5.11 Å². The van der Waals surface area contributed by atoms with Crippen molar-refractivity contribution in [2.75, 3.05) is 26.2 Å². The fraction of sp³-hybridized carbons (Fsp3) is 0.667. The normalized spacial score (nSPS) is 22.9. The van der Waals surface area contributed by atoms with E-state index in [1.165, 1.54) is 0 Å². The number of imidazole rings is 1. The molecule has 0 unspecified atom stereocenters. The van der Waals surface area contributed by atoms with E-state index < -0.39 is 0 Å². The molecule has 5 nitrogen and oxygen atoms in total. The van der Waals surface area contributed by atoms with Gasteiger partial charge in [-0.25, -0.2) is 4.98 Å². The van der Waals surface area contributed by atoms with Gasteiger partial charge in [-0.05, 0) is 13.3 Å². The van der Waals surface area contributed by atoms with Crippen LogP contribution >= 0.6 is 11.3 Å². The molecule has 1 saturated heterocycles. The van der Waals surface area contributed by atoms with E-state index in [1.54, 1.807) is 11.3 Å². The second kappa shape index (κ2) is 6.44. The van der Waals surface area contributed by atoms with Crippen molar-refractivity contribution >= 4 is 16.3 Å². The first-order chi connectivity index (χ1) is 10.2. The second-order valence-corrected chi connectivity index (χ2v) is 6.84. The Balaban J connectivity index is 1.61. The lowest BCUT2D eigenvalue weighted by molar-refractivity contribution is 0.0334. The van der Waals surface area contributed by atoms with Crippen molar-refractivity contribution in [3.8, 4) is 0 Å². The van der Waals surface area contributed by atoms with Crippen LogP contribution in [0.1, 0.15) is 26.0 Å². The number of hydrogen-bond donors (Lipinski definition) is 1. The molecule has 0 aromatic carbocycles. The number of aliphatic hydroxyl groups excluding tert-OH is 1. The summed E-state index contributed by atoms with van der Waals surface area (Å²) in [5.74, 6) is 0. The summed E-state index contributed by atoms with van der Waals surface area (Å²) in [4.78, 5) is 10.7. The molecule has 2 aromatic heterocycles. The van der Waals surface area contributed by atoms with E-state index in [4.69, 9.17) is 0 Å². The standard InChI is InChI=1S/C15H24N4OS/c1-3-14-11-17(4-5-18(14)8-12(2)20)9-13-10-19-6-7-21-15(19)16-13/h6-7,10,12,14,20H,3-5,8-9,11H2,1-2H3/t12-,14+/m0/s1. The van der Waals surface area contributed by atoms with Gasteiger partial charge in [-0.3, -0.25) is 14.2 Å². The molecule has 1 N–H and O–H groups in total. The Morgan fingerprint density at radius 1 is 1.48 bits per heavy atom. The van der Waals surface area contributed by atoms with Gasteiger partial charge in [-0.1, -0.05) is 6.92 Å². The fourth-order valence-corrected chi connectivity index (χ4v) is 3.87. The third-order valence-corrected chi connectivity index (χ3v) is 4.96. The molecule has 21 heavy (non-hydrogen) atoms.